The van der Waals surface area contributed by atoms with Gasteiger partial charge in [0.15, 0.2) is 0 Å². The summed E-state index contributed by atoms with van der Waals surface area (Å²) in [6.45, 7) is 8.90. The van der Waals surface area contributed by atoms with E-state index in [0.29, 0.717) is 13.1 Å². The number of aliphatic hydroxyl groups is 1. The van der Waals surface area contributed by atoms with E-state index in [9.17, 15) is 24.3 Å². The highest BCUT2D eigenvalue weighted by atomic mass is 32.1. The predicted molar refractivity (Wildman–Crippen MR) is 165 cm³/mol. The zero-order valence-electron chi connectivity index (χ0n) is 25.5. The number of carbonyl (C=O) groups excluding carboxylic acids is 4. The third kappa shape index (κ3) is 8.39. The Kier molecular flexibility index (Phi) is 10.6. The Morgan fingerprint density at radius 1 is 1.12 bits per heavy atom. The van der Waals surface area contributed by atoms with Crippen LogP contribution in [0.2, 0.25) is 0 Å². The predicted octanol–water partition coefficient (Wildman–Crippen LogP) is 1.96. The summed E-state index contributed by atoms with van der Waals surface area (Å²) in [4.78, 5) is 61.0. The fraction of sp³-hybridized carbons (Fsp3) is 0.581. The molecule has 0 bridgehead atoms. The van der Waals surface area contributed by atoms with Gasteiger partial charge in [-0.1, -0.05) is 45.0 Å². The lowest BCUT2D eigenvalue weighted by Crippen LogP contribution is -2.57. The zero-order valence-corrected chi connectivity index (χ0v) is 26.3. The monoisotopic (exact) mass is 612 g/mol. The third-order valence-electron chi connectivity index (χ3n) is 8.17. The largest absolute Gasteiger partial charge is 0.391 e. The Hall–Kier alpha value is -3.35. The maximum absolute atomic E-state index is 13.8. The van der Waals surface area contributed by atoms with Crippen molar-refractivity contribution >= 4 is 35.0 Å². The SMILES string of the molecule is Cc1ncsc1-c1ccc(CNC(=O)[C@@H]2C[C@@H](O)CN2C(=O)C(NC(=O)CCC(=O)N2CCC(N)CC2)C(C)(C)C)cc1. The summed E-state index contributed by atoms with van der Waals surface area (Å²) in [5.74, 6) is -1.31. The number of nitrogens with zero attached hydrogens (tertiary/aromatic N) is 3. The molecule has 4 amide bonds. The smallest absolute Gasteiger partial charge is 0.246 e. The summed E-state index contributed by atoms with van der Waals surface area (Å²) in [6.07, 6.45) is 0.746. The normalized spacial score (nSPS) is 20.1. The maximum Gasteiger partial charge on any atom is 0.246 e. The molecule has 5 N–H and O–H groups in total. The van der Waals surface area contributed by atoms with E-state index in [0.717, 1.165) is 34.5 Å². The minimum Gasteiger partial charge on any atom is -0.391 e. The second-order valence-corrected chi connectivity index (χ2v) is 13.5. The molecule has 4 rings (SSSR count). The van der Waals surface area contributed by atoms with Gasteiger partial charge in [0, 0.05) is 51.5 Å². The average molecular weight is 613 g/mol. The fourth-order valence-corrected chi connectivity index (χ4v) is 6.35. The van der Waals surface area contributed by atoms with Crippen LogP contribution in [0.25, 0.3) is 10.4 Å². The number of carbonyl (C=O) groups is 4. The number of aryl methyl sites for hydroxylation is 1. The van der Waals surface area contributed by atoms with Crippen molar-refractivity contribution in [1.29, 1.82) is 0 Å². The summed E-state index contributed by atoms with van der Waals surface area (Å²) in [5, 5.41) is 16.2. The number of β-amino-alcohol motifs (C(OH)–C–C–N with tert-alkyl or cyclic N) is 1. The summed E-state index contributed by atoms with van der Waals surface area (Å²) < 4.78 is 0. The van der Waals surface area contributed by atoms with Crippen LogP contribution in [0.1, 0.15) is 64.1 Å². The highest BCUT2D eigenvalue weighted by Gasteiger charge is 2.44. The summed E-state index contributed by atoms with van der Waals surface area (Å²) in [7, 11) is 0. The van der Waals surface area contributed by atoms with Crippen LogP contribution in [0.15, 0.2) is 29.8 Å². The van der Waals surface area contributed by atoms with Gasteiger partial charge in [0.05, 0.1) is 22.2 Å². The van der Waals surface area contributed by atoms with Crippen molar-refractivity contribution in [3.05, 3.63) is 41.0 Å². The molecule has 12 heteroatoms. The van der Waals surface area contributed by atoms with Crippen molar-refractivity contribution in [3.8, 4) is 10.4 Å². The lowest BCUT2D eigenvalue weighted by molar-refractivity contribution is -0.144. The molecule has 0 spiro atoms. The lowest BCUT2D eigenvalue weighted by Gasteiger charge is -2.35. The van der Waals surface area contributed by atoms with E-state index < -0.39 is 35.4 Å². The number of nitrogens with one attached hydrogen (secondary N) is 2. The molecule has 3 heterocycles. The molecule has 0 aliphatic carbocycles. The van der Waals surface area contributed by atoms with Crippen LogP contribution >= 0.6 is 11.3 Å². The summed E-state index contributed by atoms with van der Waals surface area (Å²) in [6, 6.07) is 6.16. The van der Waals surface area contributed by atoms with Gasteiger partial charge in [0.25, 0.3) is 0 Å². The van der Waals surface area contributed by atoms with Gasteiger partial charge in [-0.3, -0.25) is 19.2 Å². The molecular weight excluding hydrogens is 568 g/mol. The number of hydrogen-bond acceptors (Lipinski definition) is 8. The Morgan fingerprint density at radius 3 is 2.40 bits per heavy atom. The van der Waals surface area contributed by atoms with Crippen LogP contribution in [0, 0.1) is 12.3 Å². The summed E-state index contributed by atoms with van der Waals surface area (Å²) in [5.41, 5.74) is 9.98. The van der Waals surface area contributed by atoms with Crippen LogP contribution in [0.4, 0.5) is 0 Å². The molecule has 3 atom stereocenters. The Morgan fingerprint density at radius 2 is 1.79 bits per heavy atom. The van der Waals surface area contributed by atoms with Crippen molar-refractivity contribution in [1.82, 2.24) is 25.4 Å². The topological polar surface area (TPSA) is 158 Å². The Balaban J connectivity index is 1.34. The highest BCUT2D eigenvalue weighted by Crippen LogP contribution is 2.28. The van der Waals surface area contributed by atoms with Crippen LogP contribution in [-0.2, 0) is 25.7 Å². The lowest BCUT2D eigenvalue weighted by atomic mass is 9.85. The first-order valence-corrected chi connectivity index (χ1v) is 15.8. The standard InChI is InChI=1S/C31H44N6O5S/c1-19-27(43-18-34-19)21-7-5-20(6-8-21)16-33-29(41)24-15-23(38)17-37(24)30(42)28(31(2,3)4)35-25(39)9-10-26(40)36-13-11-22(32)12-14-36/h5-8,18,22-24,28,38H,9-17,32H2,1-4H3,(H,33,41)(H,35,39)/t23-,24+,28?/m1/s1. The number of piperidine rings is 1. The molecular formula is C31H44N6O5S. The van der Waals surface area contributed by atoms with E-state index in [-0.39, 0.29) is 50.2 Å². The molecule has 2 fully saturated rings. The van der Waals surface area contributed by atoms with Crippen molar-refractivity contribution in [2.75, 3.05) is 19.6 Å². The minimum absolute atomic E-state index is 0.00213. The zero-order chi connectivity index (χ0) is 31.3. The molecule has 0 saturated carbocycles. The number of nitrogens with two attached hydrogens (primary N) is 1. The number of thiazole rings is 1. The van der Waals surface area contributed by atoms with Gasteiger partial charge in [-0.2, -0.15) is 0 Å². The molecule has 1 aromatic carbocycles. The number of amides is 4. The first-order valence-electron chi connectivity index (χ1n) is 14.9. The van der Waals surface area contributed by atoms with Gasteiger partial charge in [0.1, 0.15) is 12.1 Å². The molecule has 2 aliphatic heterocycles. The van der Waals surface area contributed by atoms with E-state index in [2.05, 4.69) is 15.6 Å². The minimum atomic E-state index is -0.938. The van der Waals surface area contributed by atoms with Crippen LogP contribution < -0.4 is 16.4 Å². The second-order valence-electron chi connectivity index (χ2n) is 12.7. The van der Waals surface area contributed by atoms with E-state index >= 15 is 0 Å². The highest BCUT2D eigenvalue weighted by molar-refractivity contribution is 7.13. The number of benzene rings is 1. The van der Waals surface area contributed by atoms with Crippen molar-refractivity contribution in [2.45, 2.75) is 90.6 Å². The molecule has 11 nitrogen and oxygen atoms in total. The van der Waals surface area contributed by atoms with Crippen molar-refractivity contribution < 1.29 is 24.3 Å². The van der Waals surface area contributed by atoms with Crippen molar-refractivity contribution in [2.24, 2.45) is 11.1 Å². The van der Waals surface area contributed by atoms with Gasteiger partial charge in [-0.25, -0.2) is 4.98 Å². The number of aliphatic hydroxyl groups excluding tert-OH is 1. The molecule has 234 valence electrons. The molecule has 43 heavy (non-hydrogen) atoms. The number of likely N-dealkylation sites (tertiary alicyclic amines) is 2. The Bertz CT molecular complexity index is 1300. The third-order valence-corrected chi connectivity index (χ3v) is 9.15. The second kappa shape index (κ2) is 14.0. The number of hydrogen-bond donors (Lipinski definition) is 4. The van der Waals surface area contributed by atoms with Gasteiger partial charge in [-0.15, -0.1) is 11.3 Å². The van der Waals surface area contributed by atoms with E-state index in [4.69, 9.17) is 5.73 Å². The molecule has 2 aliphatic rings. The van der Waals surface area contributed by atoms with Gasteiger partial charge >= 0.3 is 0 Å². The van der Waals surface area contributed by atoms with E-state index in [1.165, 1.54) is 4.90 Å². The summed E-state index contributed by atoms with van der Waals surface area (Å²) >= 11 is 1.57. The first kappa shape index (κ1) is 32.6. The average Bonchev–Trinajstić information content (AvgIpc) is 3.58. The molecule has 1 unspecified atom stereocenters. The molecule has 0 radical (unpaired) electrons. The van der Waals surface area contributed by atoms with Crippen molar-refractivity contribution in [3.63, 3.8) is 0 Å². The van der Waals surface area contributed by atoms with Gasteiger partial charge < -0.3 is 31.3 Å². The first-order chi connectivity index (χ1) is 20.3. The quantitative estimate of drug-likeness (QED) is 0.337. The Labute approximate surface area is 257 Å². The number of aromatic nitrogens is 1. The van der Waals surface area contributed by atoms with Gasteiger partial charge in [0.2, 0.25) is 23.6 Å². The van der Waals surface area contributed by atoms with Gasteiger partial charge in [-0.05, 0) is 36.3 Å². The van der Waals surface area contributed by atoms with Crippen LogP contribution in [-0.4, -0.2) is 87.4 Å². The van der Waals surface area contributed by atoms with Crippen LogP contribution in [0.3, 0.4) is 0 Å². The molecule has 2 saturated heterocycles. The fourth-order valence-electron chi connectivity index (χ4n) is 5.54. The van der Waals surface area contributed by atoms with E-state index in [1.54, 1.807) is 16.2 Å². The maximum atomic E-state index is 13.8. The molecule has 2 aromatic rings. The molecule has 1 aromatic heterocycles. The number of rotatable bonds is 9. The van der Waals surface area contributed by atoms with Crippen LogP contribution in [0.5, 0.6) is 0 Å². The van der Waals surface area contributed by atoms with E-state index in [1.807, 2.05) is 57.5 Å².